The summed E-state index contributed by atoms with van der Waals surface area (Å²) in [5.41, 5.74) is 0.765. The highest BCUT2D eigenvalue weighted by atomic mass is 35.5. The third kappa shape index (κ3) is 4.68. The molecule has 1 N–H and O–H groups in total. The number of fused-ring (bicyclic) bond motifs is 1. The topological polar surface area (TPSA) is 93.5 Å². The van der Waals surface area contributed by atoms with E-state index in [9.17, 15) is 14.4 Å². The summed E-state index contributed by atoms with van der Waals surface area (Å²) in [5, 5.41) is 7.79. The summed E-state index contributed by atoms with van der Waals surface area (Å²) < 4.78 is 6.44. The van der Waals surface area contributed by atoms with E-state index in [0.29, 0.717) is 11.6 Å². The van der Waals surface area contributed by atoms with Crippen LogP contribution in [0.1, 0.15) is 46.0 Å². The van der Waals surface area contributed by atoms with Crippen LogP contribution in [0.15, 0.2) is 60.7 Å². The van der Waals surface area contributed by atoms with Crippen LogP contribution in [0.4, 0.5) is 0 Å². The Hall–Kier alpha value is -3.65. The molecule has 0 radical (unpaired) electrons. The number of aromatic nitrogens is 2. The molecule has 1 aromatic heterocycles. The number of benzene rings is 2. The van der Waals surface area contributed by atoms with Gasteiger partial charge in [0, 0.05) is 24.2 Å². The van der Waals surface area contributed by atoms with E-state index in [4.69, 9.17) is 16.3 Å². The first kappa shape index (κ1) is 23.5. The molecule has 0 saturated heterocycles. The van der Waals surface area contributed by atoms with Gasteiger partial charge in [-0.2, -0.15) is 5.10 Å². The first-order valence-electron chi connectivity index (χ1n) is 11.0. The Labute approximate surface area is 202 Å². The standard InChI is InChI=1S/C25H25ClN4O4/c1-3-34-23(32)20-13-21-22(31)29(15-18-9-11-19(26)12-10-18)25(2,16-30(21)28-20)24(33)27-14-17-7-5-4-6-8-17/h4-13H,3,14-16H2,1-2H3,(H,27,33)/t25-/m1/s1. The lowest BCUT2D eigenvalue weighted by Crippen LogP contribution is -2.63. The second-order valence-corrected chi connectivity index (χ2v) is 8.69. The lowest BCUT2D eigenvalue weighted by Gasteiger charge is -2.43. The zero-order valence-corrected chi connectivity index (χ0v) is 19.7. The highest BCUT2D eigenvalue weighted by Gasteiger charge is 2.48. The van der Waals surface area contributed by atoms with Crippen LogP contribution in [-0.2, 0) is 29.2 Å². The molecule has 0 bridgehead atoms. The molecule has 4 rings (SSSR count). The predicted octanol–water partition coefficient (Wildman–Crippen LogP) is 3.44. The highest BCUT2D eigenvalue weighted by molar-refractivity contribution is 6.30. The third-order valence-electron chi connectivity index (χ3n) is 5.82. The minimum atomic E-state index is -1.25. The number of nitrogens with zero attached hydrogens (tertiary/aromatic N) is 3. The van der Waals surface area contributed by atoms with Crippen molar-refractivity contribution in [3.8, 4) is 0 Å². The average Bonchev–Trinajstić information content (AvgIpc) is 3.26. The molecule has 1 aliphatic heterocycles. The molecule has 0 unspecified atom stereocenters. The second-order valence-electron chi connectivity index (χ2n) is 8.25. The molecule has 2 amide bonds. The van der Waals surface area contributed by atoms with Gasteiger partial charge in [0.05, 0.1) is 13.2 Å². The highest BCUT2D eigenvalue weighted by Crippen LogP contribution is 2.30. The SMILES string of the molecule is CCOC(=O)c1cc2n(n1)C[C@](C)(C(=O)NCc1ccccc1)N(Cc1ccc(Cl)cc1)C2=O. The Bertz CT molecular complexity index is 1210. The molecule has 176 valence electrons. The number of carbonyl (C=O) groups is 3. The number of hydrogen-bond donors (Lipinski definition) is 1. The minimum Gasteiger partial charge on any atom is -0.461 e. The fraction of sp³-hybridized carbons (Fsp3) is 0.280. The van der Waals surface area contributed by atoms with Crippen LogP contribution in [0.3, 0.4) is 0 Å². The van der Waals surface area contributed by atoms with Gasteiger partial charge in [-0.05, 0) is 37.1 Å². The molecule has 0 spiro atoms. The van der Waals surface area contributed by atoms with Crippen molar-refractivity contribution in [1.82, 2.24) is 20.0 Å². The van der Waals surface area contributed by atoms with E-state index in [1.54, 1.807) is 26.0 Å². The quantitative estimate of drug-likeness (QED) is 0.523. The normalized spacial score (nSPS) is 17.3. The second kappa shape index (κ2) is 9.69. The van der Waals surface area contributed by atoms with Gasteiger partial charge < -0.3 is 15.0 Å². The number of carbonyl (C=O) groups excluding carboxylic acids is 3. The Morgan fingerprint density at radius 2 is 1.82 bits per heavy atom. The molecule has 9 heteroatoms. The van der Waals surface area contributed by atoms with Crippen molar-refractivity contribution in [2.24, 2.45) is 0 Å². The van der Waals surface area contributed by atoms with Crippen molar-refractivity contribution in [2.75, 3.05) is 6.61 Å². The van der Waals surface area contributed by atoms with Crippen molar-refractivity contribution in [3.05, 3.63) is 88.2 Å². The molecule has 0 saturated carbocycles. The Morgan fingerprint density at radius 1 is 1.12 bits per heavy atom. The van der Waals surface area contributed by atoms with Crippen molar-refractivity contribution < 1.29 is 19.1 Å². The van der Waals surface area contributed by atoms with Gasteiger partial charge in [0.15, 0.2) is 5.69 Å². The average molecular weight is 481 g/mol. The Kier molecular flexibility index (Phi) is 6.70. The van der Waals surface area contributed by atoms with E-state index in [1.165, 1.54) is 15.6 Å². The van der Waals surface area contributed by atoms with Crippen LogP contribution < -0.4 is 5.32 Å². The number of rotatable bonds is 7. The lowest BCUT2D eigenvalue weighted by molar-refractivity contribution is -0.133. The van der Waals surface area contributed by atoms with Crippen LogP contribution in [-0.4, -0.2) is 44.6 Å². The number of halogens is 1. The zero-order chi connectivity index (χ0) is 24.3. The predicted molar refractivity (Wildman–Crippen MR) is 126 cm³/mol. The molecule has 0 aliphatic carbocycles. The smallest absolute Gasteiger partial charge is 0.358 e. The first-order chi connectivity index (χ1) is 16.3. The molecular weight excluding hydrogens is 456 g/mol. The Balaban J connectivity index is 1.67. The molecule has 0 fully saturated rings. The first-order valence-corrected chi connectivity index (χ1v) is 11.3. The maximum Gasteiger partial charge on any atom is 0.358 e. The number of ether oxygens (including phenoxy) is 1. The van der Waals surface area contributed by atoms with Crippen molar-refractivity contribution in [3.63, 3.8) is 0 Å². The fourth-order valence-electron chi connectivity index (χ4n) is 3.94. The molecule has 8 nitrogen and oxygen atoms in total. The van der Waals surface area contributed by atoms with Gasteiger partial charge in [-0.1, -0.05) is 54.1 Å². The summed E-state index contributed by atoms with van der Waals surface area (Å²) in [4.78, 5) is 40.8. The summed E-state index contributed by atoms with van der Waals surface area (Å²) in [6, 6.07) is 18.0. The van der Waals surface area contributed by atoms with Crippen LogP contribution in [0.25, 0.3) is 0 Å². The van der Waals surface area contributed by atoms with E-state index < -0.39 is 17.4 Å². The van der Waals surface area contributed by atoms with Gasteiger partial charge in [-0.25, -0.2) is 4.79 Å². The van der Waals surface area contributed by atoms with E-state index >= 15 is 0 Å². The summed E-state index contributed by atoms with van der Waals surface area (Å²) >= 11 is 6.01. The lowest BCUT2D eigenvalue weighted by atomic mass is 9.94. The van der Waals surface area contributed by atoms with Gasteiger partial charge in [-0.15, -0.1) is 0 Å². The minimum absolute atomic E-state index is 0.0330. The van der Waals surface area contributed by atoms with E-state index in [2.05, 4.69) is 10.4 Å². The molecule has 34 heavy (non-hydrogen) atoms. The summed E-state index contributed by atoms with van der Waals surface area (Å²) in [6.07, 6.45) is 0. The number of nitrogens with one attached hydrogen (secondary N) is 1. The molecular formula is C25H25ClN4O4. The van der Waals surface area contributed by atoms with Crippen LogP contribution in [0.5, 0.6) is 0 Å². The van der Waals surface area contributed by atoms with E-state index in [1.807, 2.05) is 42.5 Å². The number of amides is 2. The number of esters is 1. The van der Waals surface area contributed by atoms with Gasteiger partial charge in [-0.3, -0.25) is 14.3 Å². The van der Waals surface area contributed by atoms with Crippen molar-refractivity contribution in [1.29, 1.82) is 0 Å². The largest absolute Gasteiger partial charge is 0.461 e. The van der Waals surface area contributed by atoms with Crippen molar-refractivity contribution >= 4 is 29.4 Å². The van der Waals surface area contributed by atoms with E-state index in [-0.39, 0.29) is 37.0 Å². The van der Waals surface area contributed by atoms with Crippen molar-refractivity contribution in [2.45, 2.75) is 39.0 Å². The molecule has 3 aromatic rings. The van der Waals surface area contributed by atoms with Gasteiger partial charge >= 0.3 is 5.97 Å². The monoisotopic (exact) mass is 480 g/mol. The Morgan fingerprint density at radius 3 is 2.50 bits per heavy atom. The fourth-order valence-corrected chi connectivity index (χ4v) is 4.06. The summed E-state index contributed by atoms with van der Waals surface area (Å²) in [6.45, 7) is 4.18. The third-order valence-corrected chi connectivity index (χ3v) is 6.07. The van der Waals surface area contributed by atoms with Gasteiger partial charge in [0.2, 0.25) is 5.91 Å². The van der Waals surface area contributed by atoms with Gasteiger partial charge in [0.25, 0.3) is 5.91 Å². The van der Waals surface area contributed by atoms with Crippen LogP contribution in [0, 0.1) is 0 Å². The van der Waals surface area contributed by atoms with Crippen LogP contribution >= 0.6 is 11.6 Å². The molecule has 2 aromatic carbocycles. The number of hydrogen-bond acceptors (Lipinski definition) is 5. The summed E-state index contributed by atoms with van der Waals surface area (Å²) in [5.74, 6) is -1.34. The summed E-state index contributed by atoms with van der Waals surface area (Å²) in [7, 11) is 0. The van der Waals surface area contributed by atoms with Gasteiger partial charge in [0.1, 0.15) is 11.2 Å². The molecule has 2 heterocycles. The van der Waals surface area contributed by atoms with E-state index in [0.717, 1.165) is 11.1 Å². The maximum atomic E-state index is 13.6. The molecule has 1 aliphatic rings. The maximum absolute atomic E-state index is 13.6. The zero-order valence-electron chi connectivity index (χ0n) is 19.0. The van der Waals surface area contributed by atoms with Crippen LogP contribution in [0.2, 0.25) is 5.02 Å². The molecule has 1 atom stereocenters.